The molecule has 1 aliphatic carbocycles. The highest BCUT2D eigenvalue weighted by molar-refractivity contribution is 7.47. The summed E-state index contributed by atoms with van der Waals surface area (Å²) in [4.78, 5) is 35.5. The molecule has 6 unspecified atom stereocenters. The maximum absolute atomic E-state index is 12.8. The van der Waals surface area contributed by atoms with Crippen molar-refractivity contribution in [3.05, 3.63) is 12.2 Å². The molecule has 14 heteroatoms. The average Bonchev–Trinajstić information content (AvgIpc) is 3.15. The molecule has 1 saturated carbocycles. The molecule has 0 aliphatic heterocycles. The van der Waals surface area contributed by atoms with Crippen molar-refractivity contribution in [1.82, 2.24) is 0 Å². The van der Waals surface area contributed by atoms with E-state index >= 15 is 0 Å². The van der Waals surface area contributed by atoms with Crippen LogP contribution in [0.1, 0.15) is 174 Å². The fraction of sp³-hybridized carbons (Fsp3) is 0.900. The first kappa shape index (κ1) is 50.6. The van der Waals surface area contributed by atoms with Gasteiger partial charge in [-0.15, -0.1) is 0 Å². The highest BCUT2D eigenvalue weighted by Gasteiger charge is 2.51. The van der Waals surface area contributed by atoms with E-state index in [1.54, 1.807) is 0 Å². The SMILES string of the molecule is CCCCCC/C=C\CCCCCCCC(=O)OC(COC(=O)CCCCCCCCCCCCCC)COP(=O)(O)OC1C(O)C(O)C(O)C(O)C1O. The first-order valence-electron chi connectivity index (χ1n) is 21.0. The van der Waals surface area contributed by atoms with E-state index in [0.29, 0.717) is 12.8 Å². The number of phosphoric ester groups is 1. The Bertz CT molecular complexity index is 1010. The quantitative estimate of drug-likeness (QED) is 0.0166. The van der Waals surface area contributed by atoms with Crippen molar-refractivity contribution >= 4 is 19.8 Å². The van der Waals surface area contributed by atoms with Gasteiger partial charge < -0.3 is 39.9 Å². The molecule has 1 fully saturated rings. The third-order valence-corrected chi connectivity index (χ3v) is 10.8. The number of aliphatic hydroxyl groups is 5. The summed E-state index contributed by atoms with van der Waals surface area (Å²) in [5, 5.41) is 50.0. The van der Waals surface area contributed by atoms with Gasteiger partial charge in [0.05, 0.1) is 6.61 Å². The number of hydrogen-bond donors (Lipinski definition) is 6. The number of allylic oxidation sites excluding steroid dienone is 2. The van der Waals surface area contributed by atoms with Crippen molar-refractivity contribution in [3.8, 4) is 0 Å². The zero-order valence-electron chi connectivity index (χ0n) is 33.3. The Morgan fingerprint density at radius 2 is 0.944 bits per heavy atom. The fourth-order valence-electron chi connectivity index (χ4n) is 6.40. The van der Waals surface area contributed by atoms with Crippen LogP contribution in [0, 0.1) is 0 Å². The van der Waals surface area contributed by atoms with Gasteiger partial charge in [0.25, 0.3) is 0 Å². The van der Waals surface area contributed by atoms with Crippen LogP contribution in [-0.4, -0.2) is 98.3 Å². The summed E-state index contributed by atoms with van der Waals surface area (Å²) in [6, 6.07) is 0. The van der Waals surface area contributed by atoms with Gasteiger partial charge in [-0.05, 0) is 38.5 Å². The zero-order valence-corrected chi connectivity index (χ0v) is 34.2. The van der Waals surface area contributed by atoms with E-state index < -0.39 is 75.7 Å². The summed E-state index contributed by atoms with van der Waals surface area (Å²) in [7, 11) is -5.11. The molecule has 54 heavy (non-hydrogen) atoms. The van der Waals surface area contributed by atoms with Crippen LogP contribution in [0.15, 0.2) is 12.2 Å². The Labute approximate surface area is 324 Å². The van der Waals surface area contributed by atoms with Gasteiger partial charge in [-0.2, -0.15) is 0 Å². The van der Waals surface area contributed by atoms with E-state index in [2.05, 4.69) is 26.0 Å². The molecule has 6 atom stereocenters. The number of carbonyl (C=O) groups is 2. The normalized spacial score (nSPS) is 23.3. The minimum absolute atomic E-state index is 0.0901. The summed E-state index contributed by atoms with van der Waals surface area (Å²) in [5.74, 6) is -1.11. The molecule has 0 bridgehead atoms. The molecule has 6 N–H and O–H groups in total. The second kappa shape index (κ2) is 31.6. The minimum Gasteiger partial charge on any atom is -0.462 e. The predicted octanol–water partition coefficient (Wildman–Crippen LogP) is 7.11. The van der Waals surface area contributed by atoms with Gasteiger partial charge in [-0.3, -0.25) is 18.6 Å². The summed E-state index contributed by atoms with van der Waals surface area (Å²) in [5.41, 5.74) is 0. The summed E-state index contributed by atoms with van der Waals surface area (Å²) >= 11 is 0. The molecule has 0 heterocycles. The molecule has 0 saturated heterocycles. The van der Waals surface area contributed by atoms with Crippen LogP contribution in [0.4, 0.5) is 0 Å². The van der Waals surface area contributed by atoms with Crippen molar-refractivity contribution in [2.24, 2.45) is 0 Å². The fourth-order valence-corrected chi connectivity index (χ4v) is 7.37. The predicted molar refractivity (Wildman–Crippen MR) is 207 cm³/mol. The smallest absolute Gasteiger partial charge is 0.462 e. The van der Waals surface area contributed by atoms with Crippen LogP contribution >= 0.6 is 7.82 Å². The zero-order chi connectivity index (χ0) is 40.0. The van der Waals surface area contributed by atoms with Gasteiger partial charge >= 0.3 is 19.8 Å². The number of ether oxygens (including phenoxy) is 2. The van der Waals surface area contributed by atoms with Crippen molar-refractivity contribution in [3.63, 3.8) is 0 Å². The van der Waals surface area contributed by atoms with Gasteiger partial charge in [0, 0.05) is 12.8 Å². The van der Waals surface area contributed by atoms with E-state index in [0.717, 1.165) is 57.8 Å². The van der Waals surface area contributed by atoms with Crippen LogP contribution in [0.2, 0.25) is 0 Å². The highest BCUT2D eigenvalue weighted by Crippen LogP contribution is 2.47. The monoisotopic (exact) mass is 794 g/mol. The molecular formula is C40H75O13P. The number of aliphatic hydroxyl groups excluding tert-OH is 5. The van der Waals surface area contributed by atoms with Gasteiger partial charge in [-0.25, -0.2) is 4.57 Å². The highest BCUT2D eigenvalue weighted by atomic mass is 31.2. The second-order valence-electron chi connectivity index (χ2n) is 14.8. The second-order valence-corrected chi connectivity index (χ2v) is 16.3. The van der Waals surface area contributed by atoms with Crippen molar-refractivity contribution in [2.45, 2.75) is 217 Å². The molecule has 318 valence electrons. The van der Waals surface area contributed by atoms with Crippen molar-refractivity contribution in [1.29, 1.82) is 0 Å². The molecule has 1 aliphatic rings. The van der Waals surface area contributed by atoms with Gasteiger partial charge in [0.1, 0.15) is 43.2 Å². The van der Waals surface area contributed by atoms with Crippen molar-refractivity contribution in [2.75, 3.05) is 13.2 Å². The number of rotatable bonds is 34. The molecular weight excluding hydrogens is 719 g/mol. The van der Waals surface area contributed by atoms with Crippen LogP contribution in [-0.2, 0) is 32.7 Å². The van der Waals surface area contributed by atoms with Crippen LogP contribution in [0.3, 0.4) is 0 Å². The Kier molecular flexibility index (Phi) is 29.7. The Morgan fingerprint density at radius 1 is 0.556 bits per heavy atom. The maximum atomic E-state index is 12.8. The Balaban J connectivity index is 2.52. The van der Waals surface area contributed by atoms with E-state index in [1.165, 1.54) is 77.0 Å². The first-order valence-corrected chi connectivity index (χ1v) is 22.5. The largest absolute Gasteiger partial charge is 0.472 e. The van der Waals surface area contributed by atoms with E-state index in [4.69, 9.17) is 18.5 Å². The Morgan fingerprint density at radius 3 is 1.43 bits per heavy atom. The average molecular weight is 795 g/mol. The number of phosphoric acid groups is 1. The van der Waals surface area contributed by atoms with E-state index in [-0.39, 0.29) is 12.8 Å². The van der Waals surface area contributed by atoms with Crippen LogP contribution in [0.25, 0.3) is 0 Å². The molecule has 13 nitrogen and oxygen atoms in total. The summed E-state index contributed by atoms with van der Waals surface area (Å²) in [6.07, 6.45) is 17.1. The topological polar surface area (TPSA) is 210 Å². The van der Waals surface area contributed by atoms with Crippen molar-refractivity contribution < 1.29 is 63.1 Å². The molecule has 1 rings (SSSR count). The van der Waals surface area contributed by atoms with Gasteiger partial charge in [-0.1, -0.05) is 135 Å². The third-order valence-electron chi connectivity index (χ3n) is 9.86. The van der Waals surface area contributed by atoms with Crippen LogP contribution < -0.4 is 0 Å². The van der Waals surface area contributed by atoms with Crippen LogP contribution in [0.5, 0.6) is 0 Å². The van der Waals surface area contributed by atoms with Gasteiger partial charge in [0.2, 0.25) is 0 Å². The Hall–Kier alpha value is -1.41. The van der Waals surface area contributed by atoms with Gasteiger partial charge in [0.15, 0.2) is 6.10 Å². The maximum Gasteiger partial charge on any atom is 0.472 e. The number of unbranched alkanes of at least 4 members (excludes halogenated alkanes) is 20. The lowest BCUT2D eigenvalue weighted by atomic mass is 9.85. The molecule has 0 aromatic carbocycles. The standard InChI is InChI=1S/C40H75O13P/c1-3-5-7-9-11-13-15-17-19-21-23-25-27-29-34(42)52-32(30-50-33(41)28-26-24-22-20-18-16-14-12-10-8-6-4-2)31-51-54(48,49)53-40-38(46)36(44)35(43)37(45)39(40)47/h13,15,32,35-40,43-47H,3-12,14,16-31H2,1-2H3,(H,48,49)/b15-13-. The molecule has 0 spiro atoms. The van der Waals surface area contributed by atoms with E-state index in [1.807, 2.05) is 0 Å². The molecule has 0 aromatic rings. The number of esters is 2. The lowest BCUT2D eigenvalue weighted by Gasteiger charge is -2.41. The number of hydrogen-bond acceptors (Lipinski definition) is 12. The summed E-state index contributed by atoms with van der Waals surface area (Å²) < 4.78 is 33.4. The number of carbonyl (C=O) groups excluding carboxylic acids is 2. The van der Waals surface area contributed by atoms with E-state index in [9.17, 15) is 44.6 Å². The minimum atomic E-state index is -5.11. The lowest BCUT2D eigenvalue weighted by molar-refractivity contribution is -0.220. The summed E-state index contributed by atoms with van der Waals surface area (Å²) in [6.45, 7) is 3.25. The molecule has 0 aromatic heterocycles. The lowest BCUT2D eigenvalue weighted by Crippen LogP contribution is -2.64. The molecule has 0 amide bonds. The first-order chi connectivity index (χ1) is 25.9. The third kappa shape index (κ3) is 24.3. The molecule has 0 radical (unpaired) electrons.